The van der Waals surface area contributed by atoms with E-state index < -0.39 is 0 Å². The normalized spacial score (nSPS) is 10.6. The lowest BCUT2D eigenvalue weighted by Gasteiger charge is -2.06. The van der Waals surface area contributed by atoms with Crippen LogP contribution in [0.15, 0.2) is 0 Å². The highest BCUT2D eigenvalue weighted by atomic mass is 16.6. The Hall–Kier alpha value is -0.280. The fourth-order valence-electron chi connectivity index (χ4n) is 1.69. The lowest BCUT2D eigenvalue weighted by atomic mass is 10.3. The largest absolute Gasteiger partial charge is 0.394 e. The zero-order chi connectivity index (χ0) is 19.6. The molecule has 0 spiro atoms. The summed E-state index contributed by atoms with van der Waals surface area (Å²) in [5.74, 6) is 0. The van der Waals surface area contributed by atoms with Crippen molar-refractivity contribution in [1.29, 1.82) is 0 Å². The van der Waals surface area contributed by atoms with E-state index >= 15 is 0 Å². The van der Waals surface area contributed by atoms with Crippen LogP contribution in [0.2, 0.25) is 0 Å². The molecular formula is C19H42O7. The molecule has 0 fully saturated rings. The van der Waals surface area contributed by atoms with Gasteiger partial charge in [0, 0.05) is 13.2 Å². The van der Waals surface area contributed by atoms with Gasteiger partial charge in [-0.05, 0) is 12.8 Å². The van der Waals surface area contributed by atoms with Crippen LogP contribution < -0.4 is 0 Å². The summed E-state index contributed by atoms with van der Waals surface area (Å²) in [6, 6.07) is 0. The van der Waals surface area contributed by atoms with Crippen molar-refractivity contribution in [2.24, 2.45) is 0 Å². The first-order valence-electron chi connectivity index (χ1n) is 9.93. The van der Waals surface area contributed by atoms with Gasteiger partial charge in [0.2, 0.25) is 0 Å². The molecule has 0 aliphatic rings. The Morgan fingerprint density at radius 2 is 0.769 bits per heavy atom. The standard InChI is InChI=1S/C10H22O6.C9H20O/c11-1-3-13-5-7-15-9-10-16-8-6-14-4-2-12;1-3-5-7-9-10-8-6-4-2/h11-12H,1-10H2;3-9H2,1-2H3. The molecule has 0 aromatic rings. The molecule has 0 rings (SSSR count). The maximum atomic E-state index is 8.41. The predicted molar refractivity (Wildman–Crippen MR) is 103 cm³/mol. The Morgan fingerprint density at radius 3 is 1.15 bits per heavy atom. The Bertz CT molecular complexity index is 196. The average Bonchev–Trinajstić information content (AvgIpc) is 2.66. The first kappa shape index (κ1) is 27.9. The molecule has 0 bridgehead atoms. The summed E-state index contributed by atoms with van der Waals surface area (Å²) < 4.78 is 25.8. The third-order valence-corrected chi connectivity index (χ3v) is 3.12. The highest BCUT2D eigenvalue weighted by Crippen LogP contribution is 1.95. The van der Waals surface area contributed by atoms with Gasteiger partial charge in [-0.3, -0.25) is 0 Å². The molecule has 0 atom stereocenters. The van der Waals surface area contributed by atoms with Gasteiger partial charge >= 0.3 is 0 Å². The molecule has 0 heterocycles. The van der Waals surface area contributed by atoms with Crippen LogP contribution in [0.1, 0.15) is 46.0 Å². The van der Waals surface area contributed by atoms with E-state index in [1.165, 1.54) is 32.1 Å². The number of aliphatic hydroxyl groups is 2. The molecule has 26 heavy (non-hydrogen) atoms. The highest BCUT2D eigenvalue weighted by Gasteiger charge is 1.91. The van der Waals surface area contributed by atoms with Crippen molar-refractivity contribution in [3.8, 4) is 0 Å². The van der Waals surface area contributed by atoms with Crippen molar-refractivity contribution in [1.82, 2.24) is 0 Å². The van der Waals surface area contributed by atoms with Crippen LogP contribution in [-0.2, 0) is 23.7 Å². The second-order valence-electron chi connectivity index (χ2n) is 5.57. The van der Waals surface area contributed by atoms with E-state index in [9.17, 15) is 0 Å². The third kappa shape index (κ3) is 31.5. The third-order valence-electron chi connectivity index (χ3n) is 3.12. The average molecular weight is 383 g/mol. The molecule has 0 aliphatic heterocycles. The molecule has 2 N–H and O–H groups in total. The number of rotatable bonds is 20. The molecule has 0 aromatic heterocycles. The molecule has 160 valence electrons. The van der Waals surface area contributed by atoms with Crippen molar-refractivity contribution >= 4 is 0 Å². The summed E-state index contributed by atoms with van der Waals surface area (Å²) in [6.07, 6.45) is 6.30. The van der Waals surface area contributed by atoms with E-state index in [1.54, 1.807) is 0 Å². The Labute approximate surface area is 159 Å². The molecular weight excluding hydrogens is 340 g/mol. The molecule has 0 saturated carbocycles. The van der Waals surface area contributed by atoms with E-state index in [4.69, 9.17) is 33.9 Å². The second kappa shape index (κ2) is 29.5. The molecule has 7 nitrogen and oxygen atoms in total. The first-order valence-corrected chi connectivity index (χ1v) is 9.93. The Kier molecular flexibility index (Phi) is 31.7. The number of unbranched alkanes of at least 4 members (excludes halogenated alkanes) is 3. The monoisotopic (exact) mass is 382 g/mol. The first-order chi connectivity index (χ1) is 12.8. The van der Waals surface area contributed by atoms with Gasteiger partial charge in [-0.1, -0.05) is 33.1 Å². The molecule has 0 amide bonds. The van der Waals surface area contributed by atoms with Crippen LogP contribution in [0.5, 0.6) is 0 Å². The molecule has 0 aromatic carbocycles. The van der Waals surface area contributed by atoms with Gasteiger partial charge in [0.15, 0.2) is 0 Å². The highest BCUT2D eigenvalue weighted by molar-refractivity contribution is 4.37. The van der Waals surface area contributed by atoms with Gasteiger partial charge < -0.3 is 33.9 Å². The zero-order valence-corrected chi connectivity index (χ0v) is 17.0. The van der Waals surface area contributed by atoms with Crippen molar-refractivity contribution in [2.45, 2.75) is 46.0 Å². The quantitative estimate of drug-likeness (QED) is 0.312. The number of ether oxygens (including phenoxy) is 5. The maximum absolute atomic E-state index is 8.41. The predicted octanol–water partition coefficient (Wildman–Crippen LogP) is 2.03. The van der Waals surface area contributed by atoms with Crippen LogP contribution in [0.3, 0.4) is 0 Å². The minimum absolute atomic E-state index is 0.0386. The number of aliphatic hydroxyl groups excluding tert-OH is 2. The van der Waals surface area contributed by atoms with Crippen molar-refractivity contribution < 1.29 is 33.9 Å². The van der Waals surface area contributed by atoms with E-state index in [0.717, 1.165) is 13.2 Å². The summed E-state index contributed by atoms with van der Waals surface area (Å²) in [7, 11) is 0. The lowest BCUT2D eigenvalue weighted by molar-refractivity contribution is -0.00856. The fourth-order valence-corrected chi connectivity index (χ4v) is 1.69. The maximum Gasteiger partial charge on any atom is 0.0701 e. The van der Waals surface area contributed by atoms with Gasteiger partial charge in [0.1, 0.15) is 0 Å². The van der Waals surface area contributed by atoms with Gasteiger partial charge in [-0.25, -0.2) is 0 Å². The summed E-state index contributed by atoms with van der Waals surface area (Å²) in [4.78, 5) is 0. The van der Waals surface area contributed by atoms with E-state index in [2.05, 4.69) is 13.8 Å². The summed E-state index contributed by atoms with van der Waals surface area (Å²) in [6.45, 7) is 10.1. The van der Waals surface area contributed by atoms with Crippen LogP contribution in [0.4, 0.5) is 0 Å². The zero-order valence-electron chi connectivity index (χ0n) is 17.0. The van der Waals surface area contributed by atoms with Crippen LogP contribution in [0.25, 0.3) is 0 Å². The molecule has 0 radical (unpaired) electrons. The Balaban J connectivity index is 0. The number of hydrogen-bond acceptors (Lipinski definition) is 7. The summed E-state index contributed by atoms with van der Waals surface area (Å²) >= 11 is 0. The SMILES string of the molecule is CCCCCOCCCC.OCCOCCOCCOCCOCCO. The second-order valence-corrected chi connectivity index (χ2v) is 5.57. The topological polar surface area (TPSA) is 86.6 Å². The fraction of sp³-hybridized carbons (Fsp3) is 1.00. The number of hydrogen-bond donors (Lipinski definition) is 2. The van der Waals surface area contributed by atoms with E-state index in [-0.39, 0.29) is 13.2 Å². The summed E-state index contributed by atoms with van der Waals surface area (Å²) in [5, 5.41) is 16.8. The van der Waals surface area contributed by atoms with E-state index in [0.29, 0.717) is 52.9 Å². The van der Waals surface area contributed by atoms with Gasteiger partial charge in [0.05, 0.1) is 66.1 Å². The molecule has 7 heteroatoms. The van der Waals surface area contributed by atoms with Gasteiger partial charge in [0.25, 0.3) is 0 Å². The van der Waals surface area contributed by atoms with Crippen LogP contribution in [-0.4, -0.2) is 89.5 Å². The molecule has 0 saturated heterocycles. The Morgan fingerprint density at radius 1 is 0.423 bits per heavy atom. The van der Waals surface area contributed by atoms with E-state index in [1.807, 2.05) is 0 Å². The van der Waals surface area contributed by atoms with Gasteiger partial charge in [-0.2, -0.15) is 0 Å². The van der Waals surface area contributed by atoms with Gasteiger partial charge in [-0.15, -0.1) is 0 Å². The molecule has 0 aliphatic carbocycles. The minimum Gasteiger partial charge on any atom is -0.394 e. The van der Waals surface area contributed by atoms with Crippen LogP contribution in [0, 0.1) is 0 Å². The van der Waals surface area contributed by atoms with Crippen LogP contribution >= 0.6 is 0 Å². The van der Waals surface area contributed by atoms with Crippen molar-refractivity contribution in [3.63, 3.8) is 0 Å². The lowest BCUT2D eigenvalue weighted by Crippen LogP contribution is -2.13. The minimum atomic E-state index is 0.0386. The molecule has 0 unspecified atom stereocenters. The van der Waals surface area contributed by atoms with Crippen molar-refractivity contribution in [2.75, 3.05) is 79.3 Å². The van der Waals surface area contributed by atoms with Crippen molar-refractivity contribution in [3.05, 3.63) is 0 Å². The smallest absolute Gasteiger partial charge is 0.0701 e. The summed E-state index contributed by atoms with van der Waals surface area (Å²) in [5.41, 5.74) is 0.